The molecule has 0 spiro atoms. The van der Waals surface area contributed by atoms with Crippen LogP contribution in [0.4, 0.5) is 5.82 Å². The first kappa shape index (κ1) is 24.3. The van der Waals surface area contributed by atoms with E-state index in [-0.39, 0.29) is 24.0 Å². The summed E-state index contributed by atoms with van der Waals surface area (Å²) >= 11 is 6.00. The second kappa shape index (κ2) is 9.90. The van der Waals surface area contributed by atoms with Crippen molar-refractivity contribution in [1.29, 1.82) is 0 Å². The molecule has 0 bridgehead atoms. The molecule has 0 fully saturated rings. The van der Waals surface area contributed by atoms with Crippen LogP contribution >= 0.6 is 11.6 Å². The zero-order valence-electron chi connectivity index (χ0n) is 20.4. The van der Waals surface area contributed by atoms with Crippen LogP contribution in [0.3, 0.4) is 0 Å². The SMILES string of the molecule is Cc1cc(NC(=O)COc2ccc(C(C)C)cc2)n(-c2nc3c(cnn3-c3ccc(Cl)cc3)c(=O)[nH]2)n1. The zero-order valence-corrected chi connectivity index (χ0v) is 21.2. The number of benzene rings is 2. The van der Waals surface area contributed by atoms with Crippen molar-refractivity contribution in [3.8, 4) is 17.4 Å². The second-order valence-electron chi connectivity index (χ2n) is 8.80. The lowest BCUT2D eigenvalue weighted by Crippen LogP contribution is -2.23. The summed E-state index contributed by atoms with van der Waals surface area (Å²) in [5.74, 6) is 1.08. The Hall–Kier alpha value is -4.44. The van der Waals surface area contributed by atoms with E-state index in [1.807, 2.05) is 24.3 Å². The Morgan fingerprint density at radius 2 is 1.84 bits per heavy atom. The number of fused-ring (bicyclic) bond motifs is 1. The number of H-pyrrole nitrogens is 1. The Morgan fingerprint density at radius 3 is 2.54 bits per heavy atom. The maximum absolute atomic E-state index is 12.8. The largest absolute Gasteiger partial charge is 0.484 e. The molecule has 2 aromatic carbocycles. The fourth-order valence-corrected chi connectivity index (χ4v) is 3.93. The van der Waals surface area contributed by atoms with Crippen LogP contribution in [0.5, 0.6) is 5.75 Å². The Bertz CT molecular complexity index is 1630. The lowest BCUT2D eigenvalue weighted by molar-refractivity contribution is -0.118. The van der Waals surface area contributed by atoms with E-state index < -0.39 is 0 Å². The first-order valence-electron chi connectivity index (χ1n) is 11.6. The number of aromatic amines is 1. The monoisotopic (exact) mass is 517 g/mol. The van der Waals surface area contributed by atoms with E-state index in [1.165, 1.54) is 21.1 Å². The van der Waals surface area contributed by atoms with Gasteiger partial charge in [-0.25, -0.2) is 4.68 Å². The van der Waals surface area contributed by atoms with Crippen molar-refractivity contribution in [3.05, 3.63) is 87.4 Å². The molecular formula is C26H24ClN7O3. The van der Waals surface area contributed by atoms with Crippen molar-refractivity contribution in [2.24, 2.45) is 0 Å². The predicted octanol–water partition coefficient (Wildman–Crippen LogP) is 4.40. The van der Waals surface area contributed by atoms with Crippen molar-refractivity contribution >= 4 is 34.4 Å². The van der Waals surface area contributed by atoms with Gasteiger partial charge in [0.25, 0.3) is 11.5 Å². The first-order valence-corrected chi connectivity index (χ1v) is 12.0. The van der Waals surface area contributed by atoms with E-state index >= 15 is 0 Å². The fraction of sp³-hybridized carbons (Fsp3) is 0.192. The van der Waals surface area contributed by atoms with Crippen molar-refractivity contribution in [1.82, 2.24) is 29.5 Å². The Kier molecular flexibility index (Phi) is 6.49. The van der Waals surface area contributed by atoms with Gasteiger partial charge in [-0.2, -0.15) is 19.9 Å². The van der Waals surface area contributed by atoms with Crippen LogP contribution in [-0.2, 0) is 4.79 Å². The molecule has 37 heavy (non-hydrogen) atoms. The summed E-state index contributed by atoms with van der Waals surface area (Å²) in [6, 6.07) is 16.3. The first-order chi connectivity index (χ1) is 17.8. The van der Waals surface area contributed by atoms with Crippen molar-refractivity contribution in [3.63, 3.8) is 0 Å². The summed E-state index contributed by atoms with van der Waals surface area (Å²) in [6.45, 7) is 5.80. The van der Waals surface area contributed by atoms with Gasteiger partial charge in [-0.3, -0.25) is 14.6 Å². The third-order valence-corrected chi connectivity index (χ3v) is 5.97. The molecule has 2 N–H and O–H groups in total. The smallest absolute Gasteiger partial charge is 0.263 e. The minimum Gasteiger partial charge on any atom is -0.484 e. The molecule has 10 nitrogen and oxygen atoms in total. The predicted molar refractivity (Wildman–Crippen MR) is 141 cm³/mol. The van der Waals surface area contributed by atoms with E-state index in [0.717, 1.165) is 0 Å². The van der Waals surface area contributed by atoms with Crippen LogP contribution < -0.4 is 15.6 Å². The quantitative estimate of drug-likeness (QED) is 0.330. The number of hydrogen-bond donors (Lipinski definition) is 2. The van der Waals surface area contributed by atoms with Gasteiger partial charge < -0.3 is 10.1 Å². The number of amides is 1. The van der Waals surface area contributed by atoms with Crippen molar-refractivity contribution in [2.45, 2.75) is 26.7 Å². The maximum Gasteiger partial charge on any atom is 0.263 e. The standard InChI is InChI=1S/C26H24ClN7O3/c1-15(2)17-4-10-20(11-5-17)37-14-23(35)29-22-12-16(3)32-34(22)26-30-24-21(25(36)31-26)13-28-33(24)19-8-6-18(27)7-9-19/h4-13,15H,14H2,1-3H3,(H,29,35)(H,30,31,36). The summed E-state index contributed by atoms with van der Waals surface area (Å²) in [7, 11) is 0. The minimum absolute atomic E-state index is 0.127. The van der Waals surface area contributed by atoms with Gasteiger partial charge in [-0.05, 0) is 54.8 Å². The Morgan fingerprint density at radius 1 is 1.11 bits per heavy atom. The van der Waals surface area contributed by atoms with Crippen LogP contribution in [0.2, 0.25) is 5.02 Å². The van der Waals surface area contributed by atoms with Crippen molar-refractivity contribution in [2.75, 3.05) is 11.9 Å². The van der Waals surface area contributed by atoms with Crippen LogP contribution in [0.1, 0.15) is 31.0 Å². The molecule has 0 radical (unpaired) electrons. The van der Waals surface area contributed by atoms with Crippen LogP contribution in [0.15, 0.2) is 65.6 Å². The average Bonchev–Trinajstić information content (AvgIpc) is 3.47. The van der Waals surface area contributed by atoms with Gasteiger partial charge in [-0.15, -0.1) is 0 Å². The number of carbonyl (C=O) groups excluding carboxylic acids is 1. The summed E-state index contributed by atoms with van der Waals surface area (Å²) in [4.78, 5) is 32.8. The molecular weight excluding hydrogens is 494 g/mol. The van der Waals surface area contributed by atoms with Gasteiger partial charge >= 0.3 is 0 Å². The topological polar surface area (TPSA) is 120 Å². The average molecular weight is 518 g/mol. The van der Waals surface area contributed by atoms with E-state index in [1.54, 1.807) is 37.3 Å². The molecule has 0 saturated heterocycles. The number of hydrogen-bond acceptors (Lipinski definition) is 6. The van der Waals surface area contributed by atoms with Crippen LogP contribution in [0.25, 0.3) is 22.7 Å². The number of anilines is 1. The molecule has 0 aliphatic rings. The third kappa shape index (κ3) is 5.10. The molecule has 3 aromatic heterocycles. The molecule has 0 atom stereocenters. The number of nitrogens with one attached hydrogen (secondary N) is 2. The highest BCUT2D eigenvalue weighted by molar-refractivity contribution is 6.30. The lowest BCUT2D eigenvalue weighted by Gasteiger charge is -2.10. The number of aryl methyl sites for hydroxylation is 1. The third-order valence-electron chi connectivity index (χ3n) is 5.71. The van der Waals surface area contributed by atoms with Gasteiger partial charge in [-0.1, -0.05) is 37.6 Å². The molecule has 0 saturated carbocycles. The zero-order chi connectivity index (χ0) is 26.1. The number of halogens is 1. The van der Waals surface area contributed by atoms with E-state index in [9.17, 15) is 9.59 Å². The Balaban J connectivity index is 1.40. The molecule has 188 valence electrons. The Labute approximate surface area is 216 Å². The highest BCUT2D eigenvalue weighted by Gasteiger charge is 2.17. The number of rotatable bonds is 7. The number of carbonyl (C=O) groups is 1. The van der Waals surface area contributed by atoms with Gasteiger partial charge in [0.2, 0.25) is 5.95 Å². The number of aromatic nitrogens is 6. The summed E-state index contributed by atoms with van der Waals surface area (Å²) in [6.07, 6.45) is 1.45. The molecule has 5 rings (SSSR count). The highest BCUT2D eigenvalue weighted by Crippen LogP contribution is 2.20. The maximum atomic E-state index is 12.8. The van der Waals surface area contributed by atoms with Crippen molar-refractivity contribution < 1.29 is 9.53 Å². The van der Waals surface area contributed by atoms with Gasteiger partial charge in [0, 0.05) is 11.1 Å². The van der Waals surface area contributed by atoms with Gasteiger partial charge in [0.05, 0.1) is 17.6 Å². The number of nitrogens with zero attached hydrogens (tertiary/aromatic N) is 5. The normalized spacial score (nSPS) is 11.3. The fourth-order valence-electron chi connectivity index (χ4n) is 3.81. The lowest BCUT2D eigenvalue weighted by atomic mass is 10.0. The number of ether oxygens (including phenoxy) is 1. The highest BCUT2D eigenvalue weighted by atomic mass is 35.5. The molecule has 0 aliphatic carbocycles. The molecule has 0 unspecified atom stereocenters. The molecule has 5 aromatic rings. The van der Waals surface area contributed by atoms with Crippen LogP contribution in [0, 0.1) is 6.92 Å². The molecule has 0 aliphatic heterocycles. The molecule has 1 amide bonds. The second-order valence-corrected chi connectivity index (χ2v) is 9.24. The summed E-state index contributed by atoms with van der Waals surface area (Å²) < 4.78 is 8.54. The van der Waals surface area contributed by atoms with Crippen LogP contribution in [-0.4, -0.2) is 42.0 Å². The van der Waals surface area contributed by atoms with Gasteiger partial charge in [0.15, 0.2) is 12.3 Å². The van der Waals surface area contributed by atoms with E-state index in [2.05, 4.69) is 39.3 Å². The van der Waals surface area contributed by atoms with E-state index in [0.29, 0.717) is 44.9 Å². The summed E-state index contributed by atoms with van der Waals surface area (Å²) in [5, 5.41) is 12.4. The van der Waals surface area contributed by atoms with Gasteiger partial charge in [0.1, 0.15) is 17.0 Å². The summed E-state index contributed by atoms with van der Waals surface area (Å²) in [5.41, 5.74) is 2.44. The van der Waals surface area contributed by atoms with E-state index in [4.69, 9.17) is 16.3 Å². The molecule has 11 heteroatoms. The minimum atomic E-state index is -0.390. The molecule has 3 heterocycles.